The highest BCUT2D eigenvalue weighted by molar-refractivity contribution is 5.99. The fraction of sp³-hybridized carbons (Fsp3) is 0.278. The van der Waals surface area contributed by atoms with E-state index in [9.17, 15) is 4.79 Å². The number of hydrogen-bond acceptors (Lipinski definition) is 2. The summed E-state index contributed by atoms with van der Waals surface area (Å²) in [4.78, 5) is 12.6. The van der Waals surface area contributed by atoms with Gasteiger partial charge in [-0.25, -0.2) is 0 Å². The largest absolute Gasteiger partial charge is 0.398 e. The summed E-state index contributed by atoms with van der Waals surface area (Å²) in [5.41, 5.74) is 9.81. The van der Waals surface area contributed by atoms with Crippen LogP contribution in [0.25, 0.3) is 0 Å². The summed E-state index contributed by atoms with van der Waals surface area (Å²) >= 11 is 0. The molecule has 1 amide bonds. The van der Waals surface area contributed by atoms with Crippen LogP contribution in [-0.4, -0.2) is 5.91 Å². The van der Waals surface area contributed by atoms with Gasteiger partial charge in [-0.2, -0.15) is 0 Å². The van der Waals surface area contributed by atoms with Gasteiger partial charge in [-0.15, -0.1) is 0 Å². The second-order valence-corrected chi connectivity index (χ2v) is 5.97. The number of aryl methyl sites for hydroxylation is 2. The molecule has 0 saturated carbocycles. The Morgan fingerprint density at radius 2 is 1.67 bits per heavy atom. The van der Waals surface area contributed by atoms with E-state index in [1.807, 2.05) is 70.2 Å². The second-order valence-electron chi connectivity index (χ2n) is 5.97. The Kier molecular flexibility index (Phi) is 4.03. The Morgan fingerprint density at radius 3 is 2.29 bits per heavy atom. The minimum absolute atomic E-state index is 0.0416. The highest BCUT2D eigenvalue weighted by atomic mass is 16.2. The molecule has 0 unspecified atom stereocenters. The van der Waals surface area contributed by atoms with Crippen molar-refractivity contribution in [2.75, 3.05) is 11.1 Å². The standard InChI is InChI=1S/C18H22N2O/c1-12-10-13(2)16(11-15(12)19)20-17(21)18(3,4)14-8-6-5-7-9-14/h5-11H,19H2,1-4H3,(H,20,21). The molecule has 2 aromatic carbocycles. The normalized spacial score (nSPS) is 11.2. The molecule has 0 aliphatic heterocycles. The molecule has 0 bridgehead atoms. The van der Waals surface area contributed by atoms with Gasteiger partial charge in [0.2, 0.25) is 5.91 Å². The molecule has 0 aliphatic carbocycles. The van der Waals surface area contributed by atoms with Crippen LogP contribution in [0.15, 0.2) is 42.5 Å². The number of nitrogens with two attached hydrogens (primary N) is 1. The molecular formula is C18H22N2O. The van der Waals surface area contributed by atoms with Crippen molar-refractivity contribution in [1.29, 1.82) is 0 Å². The van der Waals surface area contributed by atoms with Gasteiger partial charge in [-0.3, -0.25) is 4.79 Å². The van der Waals surface area contributed by atoms with Crippen molar-refractivity contribution in [3.63, 3.8) is 0 Å². The lowest BCUT2D eigenvalue weighted by molar-refractivity contribution is -0.120. The van der Waals surface area contributed by atoms with Crippen molar-refractivity contribution in [3.8, 4) is 0 Å². The number of nitrogen functional groups attached to an aromatic ring is 1. The number of anilines is 2. The third kappa shape index (κ3) is 3.07. The third-order valence-electron chi connectivity index (χ3n) is 3.92. The van der Waals surface area contributed by atoms with Crippen LogP contribution in [-0.2, 0) is 10.2 Å². The molecule has 3 heteroatoms. The second kappa shape index (κ2) is 5.60. The van der Waals surface area contributed by atoms with Crippen molar-refractivity contribution in [2.45, 2.75) is 33.1 Å². The molecule has 0 heterocycles. The molecule has 0 aliphatic rings. The maximum Gasteiger partial charge on any atom is 0.234 e. The van der Waals surface area contributed by atoms with Gasteiger partial charge in [0.25, 0.3) is 0 Å². The Bertz CT molecular complexity index is 660. The molecule has 0 atom stereocenters. The highest BCUT2D eigenvalue weighted by Crippen LogP contribution is 2.27. The monoisotopic (exact) mass is 282 g/mol. The summed E-state index contributed by atoms with van der Waals surface area (Å²) in [5.74, 6) is -0.0416. The van der Waals surface area contributed by atoms with E-state index in [1.165, 1.54) is 0 Å². The van der Waals surface area contributed by atoms with Crippen LogP contribution in [0.4, 0.5) is 11.4 Å². The van der Waals surface area contributed by atoms with E-state index in [4.69, 9.17) is 5.73 Å². The smallest absolute Gasteiger partial charge is 0.234 e. The molecule has 0 spiro atoms. The zero-order valence-electron chi connectivity index (χ0n) is 13.0. The van der Waals surface area contributed by atoms with Crippen LogP contribution < -0.4 is 11.1 Å². The Balaban J connectivity index is 2.28. The fourth-order valence-electron chi connectivity index (χ4n) is 2.27. The van der Waals surface area contributed by atoms with Gasteiger partial charge in [0, 0.05) is 11.4 Å². The van der Waals surface area contributed by atoms with Gasteiger partial charge in [-0.1, -0.05) is 36.4 Å². The summed E-state index contributed by atoms with van der Waals surface area (Å²) in [6.07, 6.45) is 0. The molecule has 0 fully saturated rings. The van der Waals surface area contributed by atoms with Crippen LogP contribution in [0.3, 0.4) is 0 Å². The van der Waals surface area contributed by atoms with Crippen molar-refractivity contribution in [2.24, 2.45) is 0 Å². The fourth-order valence-corrected chi connectivity index (χ4v) is 2.27. The van der Waals surface area contributed by atoms with Crippen molar-refractivity contribution >= 4 is 17.3 Å². The SMILES string of the molecule is Cc1cc(C)c(NC(=O)C(C)(C)c2ccccc2)cc1N. The Labute approximate surface area is 126 Å². The van der Waals surface area contributed by atoms with E-state index in [0.717, 1.165) is 22.4 Å². The molecule has 0 saturated heterocycles. The summed E-state index contributed by atoms with van der Waals surface area (Å²) in [7, 11) is 0. The summed E-state index contributed by atoms with van der Waals surface area (Å²) in [5, 5.41) is 3.00. The molecule has 0 radical (unpaired) electrons. The molecule has 3 N–H and O–H groups in total. The first-order valence-corrected chi connectivity index (χ1v) is 7.06. The van der Waals surface area contributed by atoms with E-state index in [1.54, 1.807) is 0 Å². The average molecular weight is 282 g/mol. The zero-order valence-corrected chi connectivity index (χ0v) is 13.0. The van der Waals surface area contributed by atoms with Crippen LogP contribution >= 0.6 is 0 Å². The first-order valence-electron chi connectivity index (χ1n) is 7.06. The number of carbonyl (C=O) groups excluding carboxylic acids is 1. The van der Waals surface area contributed by atoms with Gasteiger partial charge < -0.3 is 11.1 Å². The summed E-state index contributed by atoms with van der Waals surface area (Å²) in [6, 6.07) is 13.6. The van der Waals surface area contributed by atoms with Crippen molar-refractivity contribution in [3.05, 3.63) is 59.2 Å². The molecular weight excluding hydrogens is 260 g/mol. The predicted octanol–water partition coefficient (Wildman–Crippen LogP) is 3.80. The van der Waals surface area contributed by atoms with Gasteiger partial charge in [0.15, 0.2) is 0 Å². The van der Waals surface area contributed by atoms with Gasteiger partial charge in [-0.05, 0) is 50.5 Å². The number of nitrogens with one attached hydrogen (secondary N) is 1. The quantitative estimate of drug-likeness (QED) is 0.841. The molecule has 21 heavy (non-hydrogen) atoms. The topological polar surface area (TPSA) is 55.1 Å². The van der Waals surface area contributed by atoms with Gasteiger partial charge in [0.1, 0.15) is 0 Å². The number of carbonyl (C=O) groups is 1. The summed E-state index contributed by atoms with van der Waals surface area (Å²) < 4.78 is 0. The van der Waals surface area contributed by atoms with E-state index < -0.39 is 5.41 Å². The van der Waals surface area contributed by atoms with Crippen LogP contribution in [0.5, 0.6) is 0 Å². The maximum absolute atomic E-state index is 12.6. The van der Waals surface area contributed by atoms with E-state index in [-0.39, 0.29) is 5.91 Å². The Morgan fingerprint density at radius 1 is 1.05 bits per heavy atom. The minimum Gasteiger partial charge on any atom is -0.398 e. The number of benzene rings is 2. The minimum atomic E-state index is -0.604. The van der Waals surface area contributed by atoms with Crippen LogP contribution in [0.1, 0.15) is 30.5 Å². The zero-order chi connectivity index (χ0) is 15.6. The lowest BCUT2D eigenvalue weighted by Gasteiger charge is -2.25. The average Bonchev–Trinajstić information content (AvgIpc) is 2.45. The predicted molar refractivity (Wildman–Crippen MR) is 88.4 cm³/mol. The van der Waals surface area contributed by atoms with E-state index in [0.29, 0.717) is 5.69 Å². The molecule has 0 aromatic heterocycles. The van der Waals surface area contributed by atoms with Crippen molar-refractivity contribution < 1.29 is 4.79 Å². The maximum atomic E-state index is 12.6. The molecule has 110 valence electrons. The highest BCUT2D eigenvalue weighted by Gasteiger charge is 2.29. The number of amides is 1. The number of rotatable bonds is 3. The molecule has 3 nitrogen and oxygen atoms in total. The number of hydrogen-bond donors (Lipinski definition) is 2. The van der Waals surface area contributed by atoms with Gasteiger partial charge >= 0.3 is 0 Å². The van der Waals surface area contributed by atoms with E-state index in [2.05, 4.69) is 5.32 Å². The lowest BCUT2D eigenvalue weighted by Crippen LogP contribution is -2.34. The van der Waals surface area contributed by atoms with E-state index >= 15 is 0 Å². The van der Waals surface area contributed by atoms with Crippen molar-refractivity contribution in [1.82, 2.24) is 0 Å². The lowest BCUT2D eigenvalue weighted by atomic mass is 9.83. The first-order chi connectivity index (χ1) is 9.82. The van der Waals surface area contributed by atoms with Gasteiger partial charge in [0.05, 0.1) is 5.41 Å². The molecule has 2 aromatic rings. The first kappa shape index (κ1) is 15.1. The summed E-state index contributed by atoms with van der Waals surface area (Å²) in [6.45, 7) is 7.77. The van der Waals surface area contributed by atoms with Crippen LogP contribution in [0.2, 0.25) is 0 Å². The van der Waals surface area contributed by atoms with Crippen LogP contribution in [0, 0.1) is 13.8 Å². The Hall–Kier alpha value is -2.29. The molecule has 2 rings (SSSR count). The third-order valence-corrected chi connectivity index (χ3v) is 3.92.